The quantitative estimate of drug-likeness (QED) is 0.426. The van der Waals surface area contributed by atoms with E-state index in [0.717, 1.165) is 26.3 Å². The van der Waals surface area contributed by atoms with Crippen LogP contribution in [0.5, 0.6) is 0 Å². The molecule has 35 heavy (non-hydrogen) atoms. The van der Waals surface area contributed by atoms with E-state index in [1.54, 1.807) is 22.9 Å². The summed E-state index contributed by atoms with van der Waals surface area (Å²) in [5.41, 5.74) is 11.9. The lowest BCUT2D eigenvalue weighted by Crippen LogP contribution is -2.60. The summed E-state index contributed by atoms with van der Waals surface area (Å²) in [5.74, 6) is 0.791. The molecule has 0 spiro atoms. The third kappa shape index (κ3) is 4.41. The van der Waals surface area contributed by atoms with Crippen molar-refractivity contribution in [3.63, 3.8) is 0 Å². The Kier molecular flexibility index (Phi) is 6.29. The molecule has 0 bridgehead atoms. The number of nitrogen functional groups attached to an aromatic ring is 2. The number of nitriles is 1. The average molecular weight is 497 g/mol. The largest absolute Gasteiger partial charge is 0.382 e. The first-order valence-electron chi connectivity index (χ1n) is 11.3. The summed E-state index contributed by atoms with van der Waals surface area (Å²) < 4.78 is 6.96. The van der Waals surface area contributed by atoms with Crippen LogP contribution in [0, 0.1) is 11.3 Å². The Morgan fingerprint density at radius 1 is 1.17 bits per heavy atom. The second-order valence-electron chi connectivity index (χ2n) is 8.44. The Labute approximate surface area is 206 Å². The van der Waals surface area contributed by atoms with Crippen LogP contribution in [-0.2, 0) is 11.2 Å². The molecule has 2 saturated heterocycles. The smallest absolute Gasteiger partial charge is 0.281 e. The van der Waals surface area contributed by atoms with Gasteiger partial charge in [0.1, 0.15) is 23.3 Å². The van der Waals surface area contributed by atoms with Gasteiger partial charge in [-0.3, -0.25) is 9.69 Å². The molecule has 0 unspecified atom stereocenters. The molecule has 182 valence electrons. The Bertz CT molecular complexity index is 1360. The van der Waals surface area contributed by atoms with Gasteiger partial charge < -0.3 is 26.5 Å². The van der Waals surface area contributed by atoms with Gasteiger partial charge in [0.2, 0.25) is 5.95 Å². The average Bonchev–Trinajstić information content (AvgIpc) is 2.78. The molecule has 0 atom stereocenters. The van der Waals surface area contributed by atoms with Crippen LogP contribution in [0.4, 0.5) is 17.6 Å². The molecule has 2 aromatic heterocycles. The zero-order valence-electron chi connectivity index (χ0n) is 18.9. The Hall–Kier alpha value is -3.66. The Morgan fingerprint density at radius 3 is 2.63 bits per heavy atom. The number of nitrogens with one attached hydrogen (secondary N) is 1. The number of hydrogen-bond acceptors (Lipinski definition) is 11. The second kappa shape index (κ2) is 9.53. The van der Waals surface area contributed by atoms with E-state index in [0.29, 0.717) is 53.8 Å². The molecular formula is C22H25ClN10O2. The highest BCUT2D eigenvalue weighted by Crippen LogP contribution is 2.21. The topological polar surface area (TPSA) is 164 Å². The Balaban J connectivity index is 1.43. The van der Waals surface area contributed by atoms with Gasteiger partial charge in [0.15, 0.2) is 5.82 Å². The summed E-state index contributed by atoms with van der Waals surface area (Å²) in [4.78, 5) is 28.7. The molecule has 2 aliphatic heterocycles. The maximum absolute atomic E-state index is 13.6. The van der Waals surface area contributed by atoms with Crippen molar-refractivity contribution < 1.29 is 4.74 Å². The van der Waals surface area contributed by atoms with E-state index in [2.05, 4.69) is 20.2 Å². The number of nitrogens with zero attached hydrogens (tertiary/aromatic N) is 7. The number of benzene rings is 1. The molecule has 0 aliphatic carbocycles. The third-order valence-electron chi connectivity index (χ3n) is 6.31. The van der Waals surface area contributed by atoms with Crippen LogP contribution in [-0.4, -0.2) is 76.5 Å². The van der Waals surface area contributed by atoms with Crippen molar-refractivity contribution in [1.29, 1.82) is 5.26 Å². The van der Waals surface area contributed by atoms with E-state index < -0.39 is 0 Å². The summed E-state index contributed by atoms with van der Waals surface area (Å²) in [6.45, 7) is 4.84. The second-order valence-corrected chi connectivity index (χ2v) is 8.85. The molecule has 0 amide bonds. The van der Waals surface area contributed by atoms with Crippen LogP contribution in [0.15, 0.2) is 23.0 Å². The van der Waals surface area contributed by atoms with Crippen molar-refractivity contribution in [2.75, 3.05) is 67.7 Å². The fourth-order valence-electron chi connectivity index (χ4n) is 4.42. The number of piperazine rings is 1. The van der Waals surface area contributed by atoms with Crippen molar-refractivity contribution in [1.82, 2.24) is 24.5 Å². The number of halogens is 1. The van der Waals surface area contributed by atoms with E-state index >= 15 is 0 Å². The first-order chi connectivity index (χ1) is 17.0. The third-order valence-corrected chi connectivity index (χ3v) is 6.62. The molecule has 13 heteroatoms. The maximum Gasteiger partial charge on any atom is 0.281 e. The fraction of sp³-hybridized carbons (Fsp3) is 0.409. The highest BCUT2D eigenvalue weighted by molar-refractivity contribution is 6.35. The number of aromatic nitrogens is 4. The highest BCUT2D eigenvalue weighted by atomic mass is 35.5. The van der Waals surface area contributed by atoms with Crippen LogP contribution in [0.2, 0.25) is 5.02 Å². The van der Waals surface area contributed by atoms with E-state index in [-0.39, 0.29) is 28.7 Å². The van der Waals surface area contributed by atoms with Gasteiger partial charge in [0.05, 0.1) is 35.2 Å². The van der Waals surface area contributed by atoms with E-state index in [4.69, 9.17) is 32.8 Å². The molecule has 0 saturated carbocycles. The van der Waals surface area contributed by atoms with Crippen molar-refractivity contribution in [2.24, 2.45) is 0 Å². The summed E-state index contributed by atoms with van der Waals surface area (Å²) in [6.07, 6.45) is 0.378. The minimum absolute atomic E-state index is 0.00705. The van der Waals surface area contributed by atoms with Gasteiger partial charge in [-0.25, -0.2) is 9.66 Å². The van der Waals surface area contributed by atoms with Gasteiger partial charge in [-0.2, -0.15) is 15.2 Å². The normalized spacial score (nSPS) is 16.7. The molecule has 5 rings (SSSR count). The Morgan fingerprint density at radius 2 is 1.94 bits per heavy atom. The van der Waals surface area contributed by atoms with Crippen LogP contribution in [0.1, 0.15) is 11.4 Å². The predicted molar refractivity (Wildman–Crippen MR) is 133 cm³/mol. The number of rotatable bonds is 6. The van der Waals surface area contributed by atoms with Crippen LogP contribution < -0.4 is 27.4 Å². The number of nitrogens with two attached hydrogens (primary N) is 2. The lowest BCUT2D eigenvalue weighted by Gasteiger charge is -2.43. The van der Waals surface area contributed by atoms with Gasteiger partial charge in [-0.15, -0.1) is 0 Å². The molecule has 3 aromatic rings. The zero-order valence-corrected chi connectivity index (χ0v) is 19.7. The van der Waals surface area contributed by atoms with Crippen LogP contribution in [0.3, 0.4) is 0 Å². The van der Waals surface area contributed by atoms with Crippen LogP contribution >= 0.6 is 11.6 Å². The van der Waals surface area contributed by atoms with Crippen molar-refractivity contribution in [3.8, 4) is 6.07 Å². The SMILES string of the molecule is N#Cc1c(N)nc(N)nc1NCCc1nc2cccc(Cl)c2c(=O)n1N1CCN(C2COC2)CC1. The molecule has 0 radical (unpaired) electrons. The molecule has 2 fully saturated rings. The highest BCUT2D eigenvalue weighted by Gasteiger charge is 2.30. The van der Waals surface area contributed by atoms with Gasteiger partial charge in [-0.05, 0) is 12.1 Å². The lowest BCUT2D eigenvalue weighted by atomic mass is 10.2. The monoisotopic (exact) mass is 496 g/mol. The number of anilines is 3. The van der Waals surface area contributed by atoms with Gasteiger partial charge in [-0.1, -0.05) is 17.7 Å². The molecule has 4 heterocycles. The summed E-state index contributed by atoms with van der Waals surface area (Å²) in [7, 11) is 0. The summed E-state index contributed by atoms with van der Waals surface area (Å²) in [6, 6.07) is 7.68. The number of fused-ring (bicyclic) bond motifs is 1. The van der Waals surface area contributed by atoms with Crippen LogP contribution in [0.25, 0.3) is 10.9 Å². The predicted octanol–water partition coefficient (Wildman–Crippen LogP) is 0.183. The molecule has 5 N–H and O–H groups in total. The minimum Gasteiger partial charge on any atom is -0.382 e. The fourth-order valence-corrected chi connectivity index (χ4v) is 4.67. The number of hydrogen-bond donors (Lipinski definition) is 3. The lowest BCUT2D eigenvalue weighted by molar-refractivity contribution is -0.0672. The van der Waals surface area contributed by atoms with Gasteiger partial charge in [0.25, 0.3) is 5.56 Å². The van der Waals surface area contributed by atoms with Gasteiger partial charge >= 0.3 is 0 Å². The summed E-state index contributed by atoms with van der Waals surface area (Å²) >= 11 is 6.39. The van der Waals surface area contributed by atoms with E-state index in [1.165, 1.54) is 0 Å². The first kappa shape index (κ1) is 23.1. The number of ether oxygens (including phenoxy) is 1. The molecule has 1 aromatic carbocycles. The minimum atomic E-state index is -0.204. The first-order valence-corrected chi connectivity index (χ1v) is 11.7. The van der Waals surface area contributed by atoms with E-state index in [9.17, 15) is 10.1 Å². The van der Waals surface area contributed by atoms with Gasteiger partial charge in [0, 0.05) is 39.1 Å². The van der Waals surface area contributed by atoms with Crippen molar-refractivity contribution in [2.45, 2.75) is 12.5 Å². The standard InChI is InChI=1S/C22H25ClN10O2/c23-15-2-1-3-16-18(15)21(34)33(32-8-6-31(7-9-32)13-11-35-12-13)17(28-16)4-5-27-20-14(10-24)19(25)29-22(26)30-20/h1-3,13H,4-9,11-12H2,(H5,25,26,27,29,30). The zero-order chi connectivity index (χ0) is 24.5. The molecule has 12 nitrogen and oxygen atoms in total. The van der Waals surface area contributed by atoms with Crippen molar-refractivity contribution >= 4 is 40.1 Å². The van der Waals surface area contributed by atoms with Crippen molar-refractivity contribution in [3.05, 3.63) is 45.0 Å². The molecule has 2 aliphatic rings. The van der Waals surface area contributed by atoms with E-state index in [1.807, 2.05) is 11.1 Å². The molecular weight excluding hydrogens is 472 g/mol. The summed E-state index contributed by atoms with van der Waals surface area (Å²) in [5, 5.41) is 15.3. The maximum atomic E-state index is 13.6.